The van der Waals surface area contributed by atoms with Gasteiger partial charge in [0.05, 0.1) is 24.7 Å². The van der Waals surface area contributed by atoms with Crippen LogP contribution in [0.3, 0.4) is 0 Å². The minimum atomic E-state index is -0.357. The van der Waals surface area contributed by atoms with Gasteiger partial charge in [-0.1, -0.05) is 0 Å². The van der Waals surface area contributed by atoms with Crippen molar-refractivity contribution >= 4 is 29.9 Å². The van der Waals surface area contributed by atoms with Gasteiger partial charge in [-0.05, 0) is 38.5 Å². The Kier molecular flexibility index (Phi) is 7.53. The summed E-state index contributed by atoms with van der Waals surface area (Å²) in [5.74, 6) is 2.07. The maximum absolute atomic E-state index is 13.9. The van der Waals surface area contributed by atoms with Gasteiger partial charge in [-0.25, -0.2) is 19.0 Å². The fraction of sp³-hybridized carbons (Fsp3) is 0.444. The summed E-state index contributed by atoms with van der Waals surface area (Å²) in [4.78, 5) is 8.89. The Balaban J connectivity index is 0.00000261. The first-order valence-corrected chi connectivity index (χ1v) is 8.72. The molecule has 7 nitrogen and oxygen atoms in total. The molecule has 3 rings (SSSR count). The number of halogens is 2. The van der Waals surface area contributed by atoms with Gasteiger partial charge in [-0.15, -0.1) is 24.0 Å². The quantitative estimate of drug-likeness (QED) is 0.396. The van der Waals surface area contributed by atoms with Crippen molar-refractivity contribution in [1.29, 1.82) is 5.26 Å². The number of benzene rings is 1. The Morgan fingerprint density at radius 2 is 2.30 bits per heavy atom. The Morgan fingerprint density at radius 3 is 3.04 bits per heavy atom. The van der Waals surface area contributed by atoms with Crippen LogP contribution < -0.4 is 10.6 Å². The summed E-state index contributed by atoms with van der Waals surface area (Å²) >= 11 is 0. The van der Waals surface area contributed by atoms with Crippen LogP contribution in [-0.4, -0.2) is 33.3 Å². The number of aromatic nitrogens is 3. The Hall–Kier alpha value is -2.22. The highest BCUT2D eigenvalue weighted by Gasteiger charge is 2.21. The van der Waals surface area contributed by atoms with Crippen LogP contribution in [0.25, 0.3) is 0 Å². The third-order valence-corrected chi connectivity index (χ3v) is 4.23. The van der Waals surface area contributed by atoms with Crippen molar-refractivity contribution < 1.29 is 4.39 Å². The maximum Gasteiger partial charge on any atom is 0.191 e. The van der Waals surface area contributed by atoms with Crippen molar-refractivity contribution in [2.45, 2.75) is 45.8 Å². The molecule has 2 aromatic rings. The fourth-order valence-electron chi connectivity index (χ4n) is 2.99. The van der Waals surface area contributed by atoms with Crippen LogP contribution in [0.4, 0.5) is 4.39 Å². The topological polar surface area (TPSA) is 90.9 Å². The van der Waals surface area contributed by atoms with Crippen LogP contribution in [0, 0.1) is 24.1 Å². The smallest absolute Gasteiger partial charge is 0.191 e. The molecule has 1 aliphatic rings. The van der Waals surface area contributed by atoms with E-state index in [1.54, 1.807) is 0 Å². The van der Waals surface area contributed by atoms with Gasteiger partial charge in [0.25, 0.3) is 0 Å². The number of nitrogens with zero attached hydrogens (tertiary/aromatic N) is 5. The predicted molar refractivity (Wildman–Crippen MR) is 111 cm³/mol. The molecule has 2 N–H and O–H groups in total. The zero-order valence-corrected chi connectivity index (χ0v) is 17.7. The van der Waals surface area contributed by atoms with E-state index in [0.29, 0.717) is 23.6 Å². The number of fused-ring (bicyclic) bond motifs is 1. The van der Waals surface area contributed by atoms with Crippen LogP contribution in [0.5, 0.6) is 0 Å². The number of aliphatic imine (C=N–C) groups is 1. The molecule has 1 atom stereocenters. The van der Waals surface area contributed by atoms with Crippen LogP contribution >= 0.6 is 24.0 Å². The minimum Gasteiger partial charge on any atom is -0.357 e. The number of nitrogens with one attached hydrogen (secondary N) is 2. The van der Waals surface area contributed by atoms with Crippen molar-refractivity contribution in [3.05, 3.63) is 46.8 Å². The van der Waals surface area contributed by atoms with Gasteiger partial charge >= 0.3 is 0 Å². The largest absolute Gasteiger partial charge is 0.357 e. The van der Waals surface area contributed by atoms with Gasteiger partial charge in [-0.2, -0.15) is 10.4 Å². The van der Waals surface area contributed by atoms with E-state index < -0.39 is 0 Å². The summed E-state index contributed by atoms with van der Waals surface area (Å²) in [5.41, 5.74) is 0.829. The summed E-state index contributed by atoms with van der Waals surface area (Å²) < 4.78 is 15.9. The zero-order chi connectivity index (χ0) is 18.5. The van der Waals surface area contributed by atoms with E-state index in [2.05, 4.69) is 25.7 Å². The highest BCUT2D eigenvalue weighted by molar-refractivity contribution is 14.0. The molecular formula is C18H23FIN7. The maximum atomic E-state index is 13.9. The Labute approximate surface area is 175 Å². The lowest BCUT2D eigenvalue weighted by molar-refractivity contribution is 0.392. The standard InChI is InChI=1S/C18H22FN7.HI/c1-3-21-18(22-10-14-8-13(9-20)4-6-16(14)19)24-15-5-7-17-23-12(2)25-26(17)11-15;/h4,6,8,15H,3,5,7,10-11H2,1-2H3,(H2,21,22,24);1H. The Morgan fingerprint density at radius 1 is 1.48 bits per heavy atom. The highest BCUT2D eigenvalue weighted by Crippen LogP contribution is 2.14. The molecule has 0 saturated carbocycles. The van der Waals surface area contributed by atoms with Gasteiger partial charge in [0.15, 0.2) is 5.96 Å². The molecule has 0 aliphatic carbocycles. The van der Waals surface area contributed by atoms with Crippen LogP contribution in [0.2, 0.25) is 0 Å². The summed E-state index contributed by atoms with van der Waals surface area (Å²) in [6.45, 7) is 5.46. The van der Waals surface area contributed by atoms with Gasteiger partial charge in [-0.3, -0.25) is 0 Å². The van der Waals surface area contributed by atoms with Gasteiger partial charge in [0.1, 0.15) is 17.5 Å². The lowest BCUT2D eigenvalue weighted by Crippen LogP contribution is -2.47. The summed E-state index contributed by atoms with van der Waals surface area (Å²) in [6, 6.07) is 6.50. The monoisotopic (exact) mass is 483 g/mol. The lowest BCUT2D eigenvalue weighted by atomic mass is 10.1. The van der Waals surface area contributed by atoms with E-state index in [0.717, 1.165) is 31.0 Å². The average molecular weight is 483 g/mol. The van der Waals surface area contributed by atoms with Gasteiger partial charge < -0.3 is 10.6 Å². The molecule has 0 spiro atoms. The number of hydrogen-bond acceptors (Lipinski definition) is 4. The molecule has 9 heteroatoms. The SMILES string of the molecule is CCNC(=NCc1cc(C#N)ccc1F)NC1CCc2nc(C)nn2C1.I. The highest BCUT2D eigenvalue weighted by atomic mass is 127. The van der Waals surface area contributed by atoms with Crippen molar-refractivity contribution in [3.63, 3.8) is 0 Å². The molecule has 1 unspecified atom stereocenters. The number of aryl methyl sites for hydroxylation is 2. The molecule has 1 aromatic heterocycles. The Bertz CT molecular complexity index is 856. The van der Waals surface area contributed by atoms with E-state index >= 15 is 0 Å². The molecule has 0 amide bonds. The van der Waals surface area contributed by atoms with Crippen molar-refractivity contribution in [1.82, 2.24) is 25.4 Å². The molecule has 27 heavy (non-hydrogen) atoms. The molecule has 0 bridgehead atoms. The first kappa shape index (κ1) is 21.1. The van der Waals surface area contributed by atoms with Crippen molar-refractivity contribution in [2.75, 3.05) is 6.54 Å². The van der Waals surface area contributed by atoms with E-state index in [-0.39, 0.29) is 42.4 Å². The molecule has 1 aromatic carbocycles. The normalized spacial score (nSPS) is 16.1. The molecule has 144 valence electrons. The first-order valence-electron chi connectivity index (χ1n) is 8.72. The lowest BCUT2D eigenvalue weighted by Gasteiger charge is -2.25. The zero-order valence-electron chi connectivity index (χ0n) is 15.4. The number of guanidine groups is 1. The van der Waals surface area contributed by atoms with Crippen LogP contribution in [0.1, 0.15) is 36.1 Å². The summed E-state index contributed by atoms with van der Waals surface area (Å²) in [7, 11) is 0. The fourth-order valence-corrected chi connectivity index (χ4v) is 2.99. The van der Waals surface area contributed by atoms with E-state index in [1.165, 1.54) is 18.2 Å². The van der Waals surface area contributed by atoms with Gasteiger partial charge in [0, 0.05) is 24.6 Å². The van der Waals surface area contributed by atoms with E-state index in [1.807, 2.05) is 24.6 Å². The third-order valence-electron chi connectivity index (χ3n) is 4.23. The molecular weight excluding hydrogens is 460 g/mol. The molecule has 2 heterocycles. The second-order valence-corrected chi connectivity index (χ2v) is 6.25. The summed E-state index contributed by atoms with van der Waals surface area (Å²) in [6.07, 6.45) is 1.79. The minimum absolute atomic E-state index is 0. The number of rotatable bonds is 4. The molecule has 1 aliphatic heterocycles. The first-order chi connectivity index (χ1) is 12.6. The predicted octanol–water partition coefficient (Wildman–Crippen LogP) is 2.29. The van der Waals surface area contributed by atoms with Gasteiger partial charge in [0.2, 0.25) is 0 Å². The van der Waals surface area contributed by atoms with Crippen LogP contribution in [0.15, 0.2) is 23.2 Å². The molecule has 0 radical (unpaired) electrons. The molecule has 0 saturated heterocycles. The van der Waals surface area contributed by atoms with E-state index in [9.17, 15) is 4.39 Å². The van der Waals surface area contributed by atoms with Crippen LogP contribution in [-0.2, 0) is 19.5 Å². The molecule has 0 fully saturated rings. The number of hydrogen-bond donors (Lipinski definition) is 2. The second-order valence-electron chi connectivity index (χ2n) is 6.25. The second kappa shape index (κ2) is 9.64. The van der Waals surface area contributed by atoms with E-state index in [4.69, 9.17) is 5.26 Å². The summed E-state index contributed by atoms with van der Waals surface area (Å²) in [5, 5.41) is 19.9. The third kappa shape index (κ3) is 5.38. The van der Waals surface area contributed by atoms with Crippen molar-refractivity contribution in [2.24, 2.45) is 4.99 Å². The average Bonchev–Trinajstić information content (AvgIpc) is 3.00. The number of nitriles is 1. The van der Waals surface area contributed by atoms with Crippen molar-refractivity contribution in [3.8, 4) is 6.07 Å².